The van der Waals surface area contributed by atoms with Crippen molar-refractivity contribution in [2.75, 3.05) is 13.1 Å². The molecule has 2 fully saturated rings. The number of nitrogens with one attached hydrogen (secondary N) is 1. The van der Waals surface area contributed by atoms with E-state index >= 15 is 0 Å². The molecule has 3 rings (SSSR count). The van der Waals surface area contributed by atoms with Crippen molar-refractivity contribution in [3.8, 4) is 0 Å². The summed E-state index contributed by atoms with van der Waals surface area (Å²) >= 11 is 0. The van der Waals surface area contributed by atoms with E-state index in [1.165, 1.54) is 12.1 Å². The first-order valence-corrected chi connectivity index (χ1v) is 8.53. The molecule has 0 bridgehead atoms. The van der Waals surface area contributed by atoms with E-state index in [1.807, 2.05) is 0 Å². The molecular formula is C18H23FN2O3. The maximum atomic E-state index is 13.1. The second-order valence-corrected chi connectivity index (χ2v) is 6.72. The van der Waals surface area contributed by atoms with E-state index in [0.717, 1.165) is 18.5 Å². The van der Waals surface area contributed by atoms with Crippen molar-refractivity contribution in [3.63, 3.8) is 0 Å². The van der Waals surface area contributed by atoms with Gasteiger partial charge in [-0.05, 0) is 42.9 Å². The van der Waals surface area contributed by atoms with Crippen LogP contribution in [0.2, 0.25) is 0 Å². The number of carbonyl (C=O) groups excluding carboxylic acids is 2. The number of hydrogen-bond donors (Lipinski definition) is 2. The lowest BCUT2D eigenvalue weighted by molar-refractivity contribution is -0.128. The van der Waals surface area contributed by atoms with Crippen molar-refractivity contribution < 1.29 is 19.1 Å². The van der Waals surface area contributed by atoms with E-state index in [0.29, 0.717) is 25.8 Å². The second kappa shape index (κ2) is 7.30. The van der Waals surface area contributed by atoms with Crippen LogP contribution in [0, 0.1) is 11.7 Å². The summed E-state index contributed by atoms with van der Waals surface area (Å²) < 4.78 is 13.1. The molecule has 2 amide bonds. The SMILES string of the molecule is O=C(CCN1CCCC1=O)N[C@H](c1ccc(F)cc1)C1CC(O)C1. The first-order chi connectivity index (χ1) is 11.5. The van der Waals surface area contributed by atoms with Crippen molar-refractivity contribution in [1.29, 1.82) is 0 Å². The Morgan fingerprint density at radius 3 is 2.62 bits per heavy atom. The molecule has 1 aliphatic carbocycles. The van der Waals surface area contributed by atoms with Crippen LogP contribution in [0.5, 0.6) is 0 Å². The van der Waals surface area contributed by atoms with E-state index in [4.69, 9.17) is 0 Å². The zero-order chi connectivity index (χ0) is 17.1. The lowest BCUT2D eigenvalue weighted by Crippen LogP contribution is -2.42. The fraction of sp³-hybridized carbons (Fsp3) is 0.556. The van der Waals surface area contributed by atoms with E-state index < -0.39 is 0 Å². The predicted molar refractivity (Wildman–Crippen MR) is 86.4 cm³/mol. The number of aliphatic hydroxyl groups excluding tert-OH is 1. The molecule has 1 aromatic rings. The van der Waals surface area contributed by atoms with Gasteiger partial charge in [0.1, 0.15) is 5.82 Å². The highest BCUT2D eigenvalue weighted by molar-refractivity contribution is 5.80. The molecule has 1 heterocycles. The van der Waals surface area contributed by atoms with E-state index in [2.05, 4.69) is 5.32 Å². The Labute approximate surface area is 140 Å². The third-order valence-corrected chi connectivity index (χ3v) is 4.95. The van der Waals surface area contributed by atoms with Gasteiger partial charge in [-0.3, -0.25) is 9.59 Å². The maximum absolute atomic E-state index is 13.1. The fourth-order valence-corrected chi connectivity index (χ4v) is 3.47. The van der Waals surface area contributed by atoms with Crippen LogP contribution in [0.15, 0.2) is 24.3 Å². The van der Waals surface area contributed by atoms with Crippen LogP contribution in [0.3, 0.4) is 0 Å². The summed E-state index contributed by atoms with van der Waals surface area (Å²) in [6.07, 6.45) is 2.63. The number of nitrogens with zero attached hydrogens (tertiary/aromatic N) is 1. The zero-order valence-electron chi connectivity index (χ0n) is 13.6. The van der Waals surface area contributed by atoms with Gasteiger partial charge in [0.15, 0.2) is 0 Å². The van der Waals surface area contributed by atoms with Crippen LogP contribution in [0.25, 0.3) is 0 Å². The number of hydrogen-bond acceptors (Lipinski definition) is 3. The van der Waals surface area contributed by atoms with Crippen LogP contribution < -0.4 is 5.32 Å². The van der Waals surface area contributed by atoms with Gasteiger partial charge in [-0.1, -0.05) is 12.1 Å². The topological polar surface area (TPSA) is 69.6 Å². The number of aliphatic hydroxyl groups is 1. The molecule has 130 valence electrons. The molecule has 5 nitrogen and oxygen atoms in total. The zero-order valence-corrected chi connectivity index (χ0v) is 13.6. The molecule has 24 heavy (non-hydrogen) atoms. The smallest absolute Gasteiger partial charge is 0.222 e. The monoisotopic (exact) mass is 334 g/mol. The predicted octanol–water partition coefficient (Wildman–Crippen LogP) is 1.77. The van der Waals surface area contributed by atoms with Crippen molar-refractivity contribution >= 4 is 11.8 Å². The number of amides is 2. The average Bonchev–Trinajstić information content (AvgIpc) is 2.94. The Hall–Kier alpha value is -1.95. The molecule has 1 saturated carbocycles. The Morgan fingerprint density at radius 2 is 2.04 bits per heavy atom. The van der Waals surface area contributed by atoms with E-state index in [9.17, 15) is 19.1 Å². The van der Waals surface area contributed by atoms with Crippen LogP contribution in [-0.4, -0.2) is 41.0 Å². The summed E-state index contributed by atoms with van der Waals surface area (Å²) in [5.74, 6) is -0.168. The molecular weight excluding hydrogens is 311 g/mol. The normalized spacial score (nSPS) is 24.6. The minimum absolute atomic E-state index is 0.111. The number of rotatable bonds is 6. The van der Waals surface area contributed by atoms with Crippen LogP contribution >= 0.6 is 0 Å². The van der Waals surface area contributed by atoms with Crippen molar-refractivity contribution in [2.45, 2.75) is 44.2 Å². The quantitative estimate of drug-likeness (QED) is 0.833. The Bertz CT molecular complexity index is 599. The van der Waals surface area contributed by atoms with Gasteiger partial charge in [-0.2, -0.15) is 0 Å². The first-order valence-electron chi connectivity index (χ1n) is 8.53. The minimum Gasteiger partial charge on any atom is -0.393 e. The number of halogens is 1. The average molecular weight is 334 g/mol. The summed E-state index contributed by atoms with van der Waals surface area (Å²) in [7, 11) is 0. The van der Waals surface area contributed by atoms with Gasteiger partial charge in [0.2, 0.25) is 11.8 Å². The second-order valence-electron chi connectivity index (χ2n) is 6.72. The number of benzene rings is 1. The van der Waals surface area contributed by atoms with Crippen LogP contribution in [0.4, 0.5) is 4.39 Å². The molecule has 0 unspecified atom stereocenters. The molecule has 1 aliphatic heterocycles. The molecule has 1 aromatic carbocycles. The number of carbonyl (C=O) groups is 2. The first kappa shape index (κ1) is 16.9. The van der Waals surface area contributed by atoms with Gasteiger partial charge in [-0.25, -0.2) is 4.39 Å². The lowest BCUT2D eigenvalue weighted by Gasteiger charge is -2.38. The fourth-order valence-electron chi connectivity index (χ4n) is 3.47. The van der Waals surface area contributed by atoms with Crippen molar-refractivity contribution in [2.24, 2.45) is 5.92 Å². The largest absolute Gasteiger partial charge is 0.393 e. The molecule has 0 aromatic heterocycles. The summed E-state index contributed by atoms with van der Waals surface area (Å²) in [4.78, 5) is 25.6. The standard InChI is InChI=1S/C18H23FN2O3/c19-14-5-3-12(4-6-14)18(13-10-15(22)11-13)20-16(23)7-9-21-8-1-2-17(21)24/h3-6,13,15,18,22H,1-2,7-11H2,(H,20,23)/t13?,15?,18-/m1/s1. The van der Waals surface area contributed by atoms with Gasteiger partial charge in [0, 0.05) is 25.9 Å². The molecule has 2 aliphatic rings. The van der Waals surface area contributed by atoms with Gasteiger partial charge >= 0.3 is 0 Å². The van der Waals surface area contributed by atoms with E-state index in [-0.39, 0.29) is 42.1 Å². The highest BCUT2D eigenvalue weighted by Gasteiger charge is 2.35. The highest BCUT2D eigenvalue weighted by Crippen LogP contribution is 2.38. The molecule has 6 heteroatoms. The Balaban J connectivity index is 1.59. The third-order valence-electron chi connectivity index (χ3n) is 4.95. The van der Waals surface area contributed by atoms with Crippen LogP contribution in [-0.2, 0) is 9.59 Å². The van der Waals surface area contributed by atoms with Gasteiger partial charge in [-0.15, -0.1) is 0 Å². The molecule has 1 saturated heterocycles. The van der Waals surface area contributed by atoms with Gasteiger partial charge in [0.25, 0.3) is 0 Å². The molecule has 0 spiro atoms. The Morgan fingerprint density at radius 1 is 1.33 bits per heavy atom. The van der Waals surface area contributed by atoms with Crippen molar-refractivity contribution in [1.82, 2.24) is 10.2 Å². The third kappa shape index (κ3) is 3.93. The highest BCUT2D eigenvalue weighted by atomic mass is 19.1. The number of likely N-dealkylation sites (tertiary alicyclic amines) is 1. The van der Waals surface area contributed by atoms with E-state index in [1.54, 1.807) is 17.0 Å². The minimum atomic E-state index is -0.322. The summed E-state index contributed by atoms with van der Waals surface area (Å²) in [5.41, 5.74) is 0.846. The summed E-state index contributed by atoms with van der Waals surface area (Å²) in [5, 5.41) is 12.6. The lowest BCUT2D eigenvalue weighted by atomic mass is 9.75. The molecule has 0 radical (unpaired) electrons. The summed E-state index contributed by atoms with van der Waals surface area (Å²) in [6, 6.07) is 5.89. The molecule has 1 atom stereocenters. The van der Waals surface area contributed by atoms with Crippen molar-refractivity contribution in [3.05, 3.63) is 35.6 Å². The van der Waals surface area contributed by atoms with Gasteiger partial charge < -0.3 is 15.3 Å². The summed E-state index contributed by atoms with van der Waals surface area (Å²) in [6.45, 7) is 1.16. The molecule has 2 N–H and O–H groups in total. The maximum Gasteiger partial charge on any atom is 0.222 e. The Kier molecular flexibility index (Phi) is 5.14. The van der Waals surface area contributed by atoms with Gasteiger partial charge in [0.05, 0.1) is 12.1 Å². The van der Waals surface area contributed by atoms with Crippen LogP contribution in [0.1, 0.15) is 43.7 Å².